The van der Waals surface area contributed by atoms with E-state index in [4.69, 9.17) is 0 Å². The van der Waals surface area contributed by atoms with Crippen LogP contribution in [0.15, 0.2) is 0 Å². The first-order chi connectivity index (χ1) is 8.43. The minimum atomic E-state index is -0.653. The van der Waals surface area contributed by atoms with E-state index in [0.717, 1.165) is 0 Å². The summed E-state index contributed by atoms with van der Waals surface area (Å²) in [5, 5.41) is 5.20. The van der Waals surface area contributed by atoms with E-state index in [-0.39, 0.29) is 17.7 Å². The molecule has 102 valence electrons. The summed E-state index contributed by atoms with van der Waals surface area (Å²) >= 11 is 0. The van der Waals surface area contributed by atoms with Crippen molar-refractivity contribution in [3.63, 3.8) is 0 Å². The van der Waals surface area contributed by atoms with Gasteiger partial charge < -0.3 is 15.4 Å². The van der Waals surface area contributed by atoms with E-state index in [2.05, 4.69) is 15.4 Å². The molecule has 2 N–H and O–H groups in total. The fraction of sp³-hybridized carbons (Fsp3) is 0.750. The molecule has 2 unspecified atom stereocenters. The predicted octanol–water partition coefficient (Wildman–Crippen LogP) is -0.0311. The van der Waals surface area contributed by atoms with E-state index >= 15 is 0 Å². The van der Waals surface area contributed by atoms with Crippen molar-refractivity contribution in [1.82, 2.24) is 10.6 Å². The molecule has 2 amide bonds. The maximum Gasteiger partial charge on any atom is 0.328 e. The molecular weight excluding hydrogens is 236 g/mol. The largest absolute Gasteiger partial charge is 0.467 e. The van der Waals surface area contributed by atoms with E-state index < -0.39 is 18.1 Å². The van der Waals surface area contributed by atoms with Gasteiger partial charge in [-0.1, -0.05) is 13.8 Å². The van der Waals surface area contributed by atoms with Gasteiger partial charge in [-0.25, -0.2) is 4.79 Å². The molecule has 1 fully saturated rings. The monoisotopic (exact) mass is 256 g/mol. The highest BCUT2D eigenvalue weighted by atomic mass is 16.5. The molecule has 0 aromatic heterocycles. The zero-order chi connectivity index (χ0) is 13.7. The Labute approximate surface area is 106 Å². The zero-order valence-electron chi connectivity index (χ0n) is 11.0. The number of methoxy groups -OCH3 is 1. The number of carbonyl (C=O) groups excluding carboxylic acids is 3. The standard InChI is InChI=1S/C12H20N2O4/c1-7(2)6-9(12(17)18-3)14-11(16)8-4-5-10(15)13-8/h7-9H,4-6H2,1-3H3,(H,13,15)(H,14,16). The van der Waals surface area contributed by atoms with Crippen LogP contribution in [0.1, 0.15) is 33.1 Å². The molecule has 1 aliphatic heterocycles. The quantitative estimate of drug-likeness (QED) is 0.676. The van der Waals surface area contributed by atoms with Crippen LogP contribution in [0.2, 0.25) is 0 Å². The third-order valence-electron chi connectivity index (χ3n) is 2.82. The Morgan fingerprint density at radius 1 is 1.50 bits per heavy atom. The van der Waals surface area contributed by atoms with Gasteiger partial charge in [0, 0.05) is 6.42 Å². The molecule has 0 radical (unpaired) electrons. The van der Waals surface area contributed by atoms with E-state index in [1.807, 2.05) is 13.8 Å². The van der Waals surface area contributed by atoms with Crippen molar-refractivity contribution in [3.8, 4) is 0 Å². The molecule has 1 saturated heterocycles. The highest BCUT2D eigenvalue weighted by Gasteiger charge is 2.30. The van der Waals surface area contributed by atoms with Crippen molar-refractivity contribution >= 4 is 17.8 Å². The van der Waals surface area contributed by atoms with Crippen molar-refractivity contribution in [1.29, 1.82) is 0 Å². The number of carbonyl (C=O) groups is 3. The van der Waals surface area contributed by atoms with Crippen LogP contribution in [0.3, 0.4) is 0 Å². The second-order valence-corrected chi connectivity index (χ2v) is 4.87. The van der Waals surface area contributed by atoms with E-state index in [9.17, 15) is 14.4 Å². The summed E-state index contributed by atoms with van der Waals surface area (Å²) in [6.45, 7) is 3.92. The SMILES string of the molecule is COC(=O)C(CC(C)C)NC(=O)C1CCC(=O)N1. The Morgan fingerprint density at radius 2 is 2.17 bits per heavy atom. The lowest BCUT2D eigenvalue weighted by Crippen LogP contribution is -2.49. The number of rotatable bonds is 5. The molecule has 0 bridgehead atoms. The van der Waals surface area contributed by atoms with Crippen LogP contribution >= 0.6 is 0 Å². The number of hydrogen-bond donors (Lipinski definition) is 2. The second kappa shape index (κ2) is 6.37. The van der Waals surface area contributed by atoms with Crippen molar-refractivity contribution < 1.29 is 19.1 Å². The second-order valence-electron chi connectivity index (χ2n) is 4.87. The number of amides is 2. The topological polar surface area (TPSA) is 84.5 Å². The van der Waals surface area contributed by atoms with Gasteiger partial charge in [-0.05, 0) is 18.8 Å². The third-order valence-corrected chi connectivity index (χ3v) is 2.82. The first-order valence-corrected chi connectivity index (χ1v) is 6.11. The van der Waals surface area contributed by atoms with Crippen LogP contribution in [0.4, 0.5) is 0 Å². The lowest BCUT2D eigenvalue weighted by Gasteiger charge is -2.20. The van der Waals surface area contributed by atoms with Gasteiger partial charge in [-0.2, -0.15) is 0 Å². The van der Waals surface area contributed by atoms with Crippen LogP contribution in [0.5, 0.6) is 0 Å². The molecule has 6 nitrogen and oxygen atoms in total. The summed E-state index contributed by atoms with van der Waals surface area (Å²) in [5.74, 6) is -0.653. The van der Waals surface area contributed by atoms with Gasteiger partial charge in [-0.3, -0.25) is 9.59 Å². The summed E-state index contributed by atoms with van der Waals surface area (Å²) < 4.78 is 4.66. The van der Waals surface area contributed by atoms with E-state index in [0.29, 0.717) is 19.3 Å². The van der Waals surface area contributed by atoms with Crippen molar-refractivity contribution in [2.75, 3.05) is 7.11 Å². The van der Waals surface area contributed by atoms with E-state index in [1.165, 1.54) is 7.11 Å². The molecule has 0 saturated carbocycles. The number of ether oxygens (including phenoxy) is 1. The minimum absolute atomic E-state index is 0.131. The molecule has 0 aromatic rings. The lowest BCUT2D eigenvalue weighted by molar-refractivity contribution is -0.145. The first-order valence-electron chi connectivity index (χ1n) is 6.11. The lowest BCUT2D eigenvalue weighted by atomic mass is 10.0. The molecule has 0 aromatic carbocycles. The number of nitrogens with one attached hydrogen (secondary N) is 2. The maximum atomic E-state index is 11.9. The summed E-state index contributed by atoms with van der Waals surface area (Å²) in [6.07, 6.45) is 1.34. The maximum absolute atomic E-state index is 11.9. The van der Waals surface area contributed by atoms with Crippen LogP contribution in [-0.4, -0.2) is 37.0 Å². The molecule has 0 spiro atoms. The molecule has 18 heavy (non-hydrogen) atoms. The number of esters is 1. The van der Waals surface area contributed by atoms with Crippen molar-refractivity contribution in [2.24, 2.45) is 5.92 Å². The normalized spacial score (nSPS) is 20.4. The fourth-order valence-electron chi connectivity index (χ4n) is 1.91. The molecule has 0 aliphatic carbocycles. The highest BCUT2D eigenvalue weighted by molar-refractivity contribution is 5.93. The van der Waals surface area contributed by atoms with Crippen molar-refractivity contribution in [2.45, 2.75) is 45.2 Å². The van der Waals surface area contributed by atoms with Crippen LogP contribution in [-0.2, 0) is 19.1 Å². The average Bonchev–Trinajstić information content (AvgIpc) is 2.73. The Hall–Kier alpha value is -1.59. The first kappa shape index (κ1) is 14.5. The number of hydrogen-bond acceptors (Lipinski definition) is 4. The van der Waals surface area contributed by atoms with Crippen LogP contribution in [0.25, 0.3) is 0 Å². The average molecular weight is 256 g/mol. The van der Waals surface area contributed by atoms with Gasteiger partial charge in [-0.15, -0.1) is 0 Å². The Bertz CT molecular complexity index is 341. The summed E-state index contributed by atoms with van der Waals surface area (Å²) in [6, 6.07) is -1.18. The third kappa shape index (κ3) is 4.01. The summed E-state index contributed by atoms with van der Waals surface area (Å²) in [5.41, 5.74) is 0. The highest BCUT2D eigenvalue weighted by Crippen LogP contribution is 2.10. The van der Waals surface area contributed by atoms with Gasteiger partial charge in [0.05, 0.1) is 7.11 Å². The van der Waals surface area contributed by atoms with Gasteiger partial charge in [0.2, 0.25) is 11.8 Å². The molecule has 6 heteroatoms. The Morgan fingerprint density at radius 3 is 2.61 bits per heavy atom. The summed E-state index contributed by atoms with van der Waals surface area (Å²) in [7, 11) is 1.29. The smallest absolute Gasteiger partial charge is 0.328 e. The Balaban J connectivity index is 2.56. The molecular formula is C12H20N2O4. The molecule has 1 heterocycles. The minimum Gasteiger partial charge on any atom is -0.467 e. The van der Waals surface area contributed by atoms with Gasteiger partial charge in [0.25, 0.3) is 0 Å². The van der Waals surface area contributed by atoms with Crippen LogP contribution < -0.4 is 10.6 Å². The molecule has 2 atom stereocenters. The predicted molar refractivity (Wildman–Crippen MR) is 64.6 cm³/mol. The van der Waals surface area contributed by atoms with Gasteiger partial charge >= 0.3 is 5.97 Å². The Kier molecular flexibility index (Phi) is 5.12. The molecule has 1 aliphatic rings. The summed E-state index contributed by atoms with van der Waals surface area (Å²) in [4.78, 5) is 34.4. The van der Waals surface area contributed by atoms with Crippen LogP contribution in [0, 0.1) is 5.92 Å². The van der Waals surface area contributed by atoms with Gasteiger partial charge in [0.15, 0.2) is 0 Å². The zero-order valence-corrected chi connectivity index (χ0v) is 11.0. The fourth-order valence-corrected chi connectivity index (χ4v) is 1.91. The molecule has 1 rings (SSSR count). The van der Waals surface area contributed by atoms with E-state index in [1.54, 1.807) is 0 Å². The van der Waals surface area contributed by atoms with Gasteiger partial charge in [0.1, 0.15) is 12.1 Å². The van der Waals surface area contributed by atoms with Crippen molar-refractivity contribution in [3.05, 3.63) is 0 Å².